The van der Waals surface area contributed by atoms with Gasteiger partial charge in [0, 0.05) is 5.69 Å². The molecule has 3 rings (SSSR count). The van der Waals surface area contributed by atoms with Crippen LogP contribution in [0.2, 0.25) is 0 Å². The maximum atomic E-state index is 12.1. The average Bonchev–Trinajstić information content (AvgIpc) is 3.14. The maximum Gasteiger partial charge on any atom is 0.323 e. The number of carbonyl (C=O) groups is 2. The zero-order valence-electron chi connectivity index (χ0n) is 12.2. The molecule has 8 nitrogen and oxygen atoms in total. The number of hydrogen-bond acceptors (Lipinski definition) is 4. The number of benzene rings is 1. The van der Waals surface area contributed by atoms with Crippen molar-refractivity contribution in [2.75, 3.05) is 5.32 Å². The van der Waals surface area contributed by atoms with E-state index in [1.165, 1.54) is 18.6 Å². The van der Waals surface area contributed by atoms with Crippen LogP contribution in [0.3, 0.4) is 0 Å². The van der Waals surface area contributed by atoms with Gasteiger partial charge in [0.25, 0.3) is 5.91 Å². The van der Waals surface area contributed by atoms with E-state index in [0.29, 0.717) is 22.3 Å². The number of carbonyl (C=O) groups excluding carboxylic acids is 2. The molecule has 4 N–H and O–H groups in total. The SMILES string of the molecule is CC(NC(=O)c1ccoc1)C(=O)Nc1ccc2[nH]c(=O)[nH]c2c1. The average molecular weight is 314 g/mol. The predicted molar refractivity (Wildman–Crippen MR) is 83.2 cm³/mol. The monoisotopic (exact) mass is 314 g/mol. The van der Waals surface area contributed by atoms with Crippen molar-refractivity contribution in [1.82, 2.24) is 15.3 Å². The van der Waals surface area contributed by atoms with Crippen LogP contribution in [-0.2, 0) is 4.79 Å². The number of furan rings is 1. The van der Waals surface area contributed by atoms with Crippen molar-refractivity contribution in [3.8, 4) is 0 Å². The Morgan fingerprint density at radius 2 is 1.96 bits per heavy atom. The Morgan fingerprint density at radius 1 is 1.17 bits per heavy atom. The molecule has 1 unspecified atom stereocenters. The highest BCUT2D eigenvalue weighted by atomic mass is 16.3. The number of rotatable bonds is 4. The van der Waals surface area contributed by atoms with E-state index in [0.717, 1.165) is 0 Å². The van der Waals surface area contributed by atoms with Crippen molar-refractivity contribution in [2.24, 2.45) is 0 Å². The first-order chi connectivity index (χ1) is 11.0. The van der Waals surface area contributed by atoms with Crippen molar-refractivity contribution in [3.63, 3.8) is 0 Å². The second-order valence-corrected chi connectivity index (χ2v) is 5.04. The first kappa shape index (κ1) is 14.6. The van der Waals surface area contributed by atoms with Crippen LogP contribution in [0.1, 0.15) is 17.3 Å². The zero-order chi connectivity index (χ0) is 16.4. The number of aromatic amines is 2. The van der Waals surface area contributed by atoms with E-state index in [1.54, 1.807) is 25.1 Å². The van der Waals surface area contributed by atoms with Crippen molar-refractivity contribution in [1.29, 1.82) is 0 Å². The second-order valence-electron chi connectivity index (χ2n) is 5.04. The van der Waals surface area contributed by atoms with Crippen LogP contribution in [0.25, 0.3) is 11.0 Å². The first-order valence-electron chi connectivity index (χ1n) is 6.89. The van der Waals surface area contributed by atoms with Crippen LogP contribution in [0, 0.1) is 0 Å². The van der Waals surface area contributed by atoms with E-state index < -0.39 is 11.9 Å². The molecule has 118 valence electrons. The maximum absolute atomic E-state index is 12.1. The fraction of sp³-hybridized carbons (Fsp3) is 0.133. The smallest absolute Gasteiger partial charge is 0.323 e. The lowest BCUT2D eigenvalue weighted by Gasteiger charge is -2.13. The summed E-state index contributed by atoms with van der Waals surface area (Å²) in [5.74, 6) is -0.772. The molecule has 0 radical (unpaired) electrons. The number of amides is 2. The minimum absolute atomic E-state index is 0.316. The van der Waals surface area contributed by atoms with Gasteiger partial charge in [0.15, 0.2) is 0 Å². The summed E-state index contributed by atoms with van der Waals surface area (Å²) < 4.78 is 4.82. The van der Waals surface area contributed by atoms with E-state index in [4.69, 9.17) is 4.42 Å². The van der Waals surface area contributed by atoms with Crippen LogP contribution in [0.4, 0.5) is 5.69 Å². The molecule has 1 atom stereocenters. The summed E-state index contributed by atoms with van der Waals surface area (Å²) >= 11 is 0. The Kier molecular flexibility index (Phi) is 3.71. The third-order valence-electron chi connectivity index (χ3n) is 3.31. The molecule has 3 aromatic rings. The molecule has 0 saturated heterocycles. The molecule has 0 aliphatic rings. The highest BCUT2D eigenvalue weighted by molar-refractivity contribution is 6.01. The summed E-state index contributed by atoms with van der Waals surface area (Å²) in [7, 11) is 0. The van der Waals surface area contributed by atoms with E-state index in [1.807, 2.05) is 0 Å². The summed E-state index contributed by atoms with van der Waals surface area (Å²) in [6, 6.07) is 5.75. The summed E-state index contributed by atoms with van der Waals surface area (Å²) in [5, 5.41) is 5.25. The van der Waals surface area contributed by atoms with Crippen molar-refractivity contribution in [2.45, 2.75) is 13.0 Å². The normalized spacial score (nSPS) is 12.0. The van der Waals surface area contributed by atoms with Gasteiger partial charge in [0.05, 0.1) is 22.9 Å². The van der Waals surface area contributed by atoms with Crippen LogP contribution < -0.4 is 16.3 Å². The molecular formula is C15H14N4O4. The summed E-state index contributed by atoms with van der Waals surface area (Å²) in [6.07, 6.45) is 2.68. The van der Waals surface area contributed by atoms with Crippen molar-refractivity contribution >= 4 is 28.5 Å². The van der Waals surface area contributed by atoms with Gasteiger partial charge in [-0.15, -0.1) is 0 Å². The fourth-order valence-corrected chi connectivity index (χ4v) is 2.10. The molecule has 1 aromatic carbocycles. The first-order valence-corrected chi connectivity index (χ1v) is 6.89. The Morgan fingerprint density at radius 3 is 2.70 bits per heavy atom. The molecule has 8 heteroatoms. The lowest BCUT2D eigenvalue weighted by atomic mass is 10.2. The van der Waals surface area contributed by atoms with Gasteiger partial charge in [0.2, 0.25) is 5.91 Å². The van der Waals surface area contributed by atoms with Gasteiger partial charge in [-0.25, -0.2) is 4.79 Å². The summed E-state index contributed by atoms with van der Waals surface area (Å²) in [5.41, 5.74) is 1.78. The molecule has 2 heterocycles. The molecule has 0 aliphatic carbocycles. The molecule has 2 aromatic heterocycles. The van der Waals surface area contributed by atoms with Gasteiger partial charge in [-0.05, 0) is 31.2 Å². The van der Waals surface area contributed by atoms with Gasteiger partial charge in [-0.1, -0.05) is 0 Å². The lowest BCUT2D eigenvalue weighted by Crippen LogP contribution is -2.41. The molecule has 2 amide bonds. The number of imidazole rings is 1. The van der Waals surface area contributed by atoms with E-state index >= 15 is 0 Å². The van der Waals surface area contributed by atoms with Gasteiger partial charge >= 0.3 is 5.69 Å². The third kappa shape index (κ3) is 3.15. The summed E-state index contributed by atoms with van der Waals surface area (Å²) in [6.45, 7) is 1.57. The van der Waals surface area contributed by atoms with Crippen molar-refractivity contribution < 1.29 is 14.0 Å². The Labute approximate surface area is 129 Å². The van der Waals surface area contributed by atoms with E-state index in [2.05, 4.69) is 20.6 Å². The van der Waals surface area contributed by atoms with Gasteiger partial charge in [-0.2, -0.15) is 0 Å². The molecule has 0 aliphatic heterocycles. The van der Waals surface area contributed by atoms with Crippen molar-refractivity contribution in [3.05, 3.63) is 52.8 Å². The third-order valence-corrected chi connectivity index (χ3v) is 3.31. The number of H-pyrrole nitrogens is 2. The van der Waals surface area contributed by atoms with Gasteiger partial charge < -0.3 is 25.0 Å². The molecule has 0 spiro atoms. The standard InChI is InChI=1S/C15H14N4O4/c1-8(16-14(21)9-4-5-23-7-9)13(20)17-10-2-3-11-12(6-10)19-15(22)18-11/h2-8H,1H3,(H,16,21)(H,17,20)(H2,18,19,22). The Bertz CT molecular complexity index is 907. The quantitative estimate of drug-likeness (QED) is 0.578. The topological polar surface area (TPSA) is 120 Å². The van der Waals surface area contributed by atoms with Crippen LogP contribution in [0.5, 0.6) is 0 Å². The second kappa shape index (κ2) is 5.84. The predicted octanol–water partition coefficient (Wildman–Crippen LogP) is 1.21. The lowest BCUT2D eigenvalue weighted by molar-refractivity contribution is -0.117. The Balaban J connectivity index is 1.67. The minimum Gasteiger partial charge on any atom is -0.472 e. The highest BCUT2D eigenvalue weighted by Crippen LogP contribution is 2.14. The van der Waals surface area contributed by atoms with Crippen LogP contribution in [-0.4, -0.2) is 27.8 Å². The summed E-state index contributed by atoms with van der Waals surface area (Å²) in [4.78, 5) is 40.4. The van der Waals surface area contributed by atoms with E-state index in [9.17, 15) is 14.4 Å². The molecule has 0 bridgehead atoms. The van der Waals surface area contributed by atoms with Gasteiger partial charge in [-0.3, -0.25) is 9.59 Å². The number of hydrogen-bond donors (Lipinski definition) is 4. The minimum atomic E-state index is -0.738. The number of nitrogens with one attached hydrogen (secondary N) is 4. The van der Waals surface area contributed by atoms with E-state index in [-0.39, 0.29) is 11.6 Å². The largest absolute Gasteiger partial charge is 0.472 e. The molecule has 0 fully saturated rings. The number of anilines is 1. The molecule has 23 heavy (non-hydrogen) atoms. The zero-order valence-corrected chi connectivity index (χ0v) is 12.2. The highest BCUT2D eigenvalue weighted by Gasteiger charge is 2.17. The Hall–Kier alpha value is -3.29. The van der Waals surface area contributed by atoms with Crippen LogP contribution >= 0.6 is 0 Å². The molecule has 0 saturated carbocycles. The number of aromatic nitrogens is 2. The van der Waals surface area contributed by atoms with Crippen LogP contribution in [0.15, 0.2) is 46.0 Å². The molecular weight excluding hydrogens is 300 g/mol. The number of fused-ring (bicyclic) bond motifs is 1. The van der Waals surface area contributed by atoms with Gasteiger partial charge in [0.1, 0.15) is 12.3 Å². The fourth-order valence-electron chi connectivity index (χ4n) is 2.10.